The Morgan fingerprint density at radius 3 is 2.30 bits per heavy atom. The first kappa shape index (κ1) is 33.6. The maximum atomic E-state index is 13.5. The molecule has 0 aliphatic carbocycles. The fourth-order valence-electron chi connectivity index (χ4n) is 5.19. The Hall–Kier alpha value is -4.79. The van der Waals surface area contributed by atoms with Gasteiger partial charge in [-0.05, 0) is 90.7 Å². The number of aromatic carboxylic acids is 1. The van der Waals surface area contributed by atoms with Gasteiger partial charge >= 0.3 is 5.97 Å². The number of aromatic nitrogens is 2. The number of nitrogens with one attached hydrogen (secondary N) is 1. The van der Waals surface area contributed by atoms with Crippen LogP contribution in [0.3, 0.4) is 0 Å². The summed E-state index contributed by atoms with van der Waals surface area (Å²) in [6.07, 6.45) is 4.54. The molecule has 0 unspecified atom stereocenters. The van der Waals surface area contributed by atoms with Gasteiger partial charge in [-0.3, -0.25) is 4.79 Å². The number of aryl methyl sites for hydroxylation is 1. The molecule has 242 valence electrons. The molecule has 47 heavy (non-hydrogen) atoms. The Kier molecular flexibility index (Phi) is 11.2. The lowest BCUT2D eigenvalue weighted by Crippen LogP contribution is -2.33. The number of nitrogens with zero attached hydrogens (tertiary/aromatic N) is 2. The molecule has 5 rings (SSSR count). The standard InChI is InChI=1S/C37H35Cl2N3O5/c1-3-4-18-42-23-34(31-17-12-27(38)22-32(31)39)41-36(42)33(40-35(43)21-25-6-5-7-30(19-25)46-2)20-24-8-13-28(14-9-24)47-29-15-10-26(11-16-29)37(44)45/h5-17,19,22-23,33H,3-4,18,20-21H2,1-2H3,(H,40,43)(H,44,45)/t33-/m0/s1. The van der Waals surface area contributed by atoms with Crippen molar-refractivity contribution < 1.29 is 24.2 Å². The number of halogens is 2. The van der Waals surface area contributed by atoms with E-state index in [1.54, 1.807) is 31.4 Å². The van der Waals surface area contributed by atoms with Crippen LogP contribution >= 0.6 is 23.2 Å². The van der Waals surface area contributed by atoms with Gasteiger partial charge in [-0.1, -0.05) is 60.8 Å². The van der Waals surface area contributed by atoms with Crippen molar-refractivity contribution in [3.05, 3.63) is 130 Å². The minimum absolute atomic E-state index is 0.149. The Morgan fingerprint density at radius 1 is 0.915 bits per heavy atom. The molecule has 0 bridgehead atoms. The SMILES string of the molecule is CCCCn1cc(-c2ccc(Cl)cc2Cl)nc1[C@H](Cc1ccc(Oc2ccc(C(=O)O)cc2)cc1)NC(=O)Cc1cccc(OC)c1. The second-order valence-electron chi connectivity index (χ2n) is 11.1. The molecule has 0 saturated heterocycles. The second kappa shape index (κ2) is 15.7. The zero-order valence-corrected chi connectivity index (χ0v) is 27.6. The van der Waals surface area contributed by atoms with Crippen LogP contribution < -0.4 is 14.8 Å². The predicted molar refractivity (Wildman–Crippen MR) is 184 cm³/mol. The molecule has 10 heteroatoms. The van der Waals surface area contributed by atoms with E-state index in [0.717, 1.165) is 41.9 Å². The first-order valence-corrected chi connectivity index (χ1v) is 16.0. The highest BCUT2D eigenvalue weighted by molar-refractivity contribution is 6.36. The van der Waals surface area contributed by atoms with Crippen LogP contribution in [0, 0.1) is 0 Å². The molecular formula is C37H35Cl2N3O5. The van der Waals surface area contributed by atoms with Crippen LogP contribution in [0.5, 0.6) is 17.2 Å². The maximum absolute atomic E-state index is 13.5. The molecule has 5 aromatic rings. The zero-order chi connectivity index (χ0) is 33.3. The maximum Gasteiger partial charge on any atom is 0.335 e. The third kappa shape index (κ3) is 8.93. The number of unbranched alkanes of at least 4 members (excludes halogenated alkanes) is 1. The van der Waals surface area contributed by atoms with E-state index < -0.39 is 12.0 Å². The third-order valence-electron chi connectivity index (χ3n) is 7.61. The highest BCUT2D eigenvalue weighted by atomic mass is 35.5. The molecular weight excluding hydrogens is 637 g/mol. The monoisotopic (exact) mass is 671 g/mol. The van der Waals surface area contributed by atoms with E-state index in [9.17, 15) is 9.59 Å². The van der Waals surface area contributed by atoms with Gasteiger partial charge in [0, 0.05) is 23.3 Å². The van der Waals surface area contributed by atoms with Gasteiger partial charge in [0.2, 0.25) is 5.91 Å². The van der Waals surface area contributed by atoms with Crippen LogP contribution in [0.1, 0.15) is 53.1 Å². The first-order chi connectivity index (χ1) is 22.7. The van der Waals surface area contributed by atoms with E-state index in [-0.39, 0.29) is 17.9 Å². The third-order valence-corrected chi connectivity index (χ3v) is 8.16. The van der Waals surface area contributed by atoms with Crippen molar-refractivity contribution in [2.45, 2.75) is 45.2 Å². The van der Waals surface area contributed by atoms with Gasteiger partial charge < -0.3 is 24.5 Å². The Morgan fingerprint density at radius 2 is 1.64 bits per heavy atom. The number of rotatable bonds is 14. The highest BCUT2D eigenvalue weighted by Gasteiger charge is 2.23. The largest absolute Gasteiger partial charge is 0.497 e. The summed E-state index contributed by atoms with van der Waals surface area (Å²) in [5.41, 5.74) is 3.43. The van der Waals surface area contributed by atoms with Gasteiger partial charge in [-0.2, -0.15) is 0 Å². The summed E-state index contributed by atoms with van der Waals surface area (Å²) in [4.78, 5) is 29.7. The van der Waals surface area contributed by atoms with E-state index in [4.69, 9.17) is 42.8 Å². The summed E-state index contributed by atoms with van der Waals surface area (Å²) in [5.74, 6) is 1.38. The average molecular weight is 673 g/mol. The molecule has 0 aliphatic rings. The van der Waals surface area contributed by atoms with Crippen LogP contribution in [0.15, 0.2) is 97.2 Å². The Balaban J connectivity index is 1.43. The molecule has 0 fully saturated rings. The molecule has 1 atom stereocenters. The molecule has 0 saturated carbocycles. The number of amides is 1. The lowest BCUT2D eigenvalue weighted by atomic mass is 10.0. The fraction of sp³-hybridized carbons (Fsp3) is 0.216. The molecule has 0 spiro atoms. The van der Waals surface area contributed by atoms with E-state index >= 15 is 0 Å². The van der Waals surface area contributed by atoms with Gasteiger partial charge in [-0.15, -0.1) is 0 Å². The van der Waals surface area contributed by atoms with Crippen LogP contribution in [0.2, 0.25) is 10.0 Å². The summed E-state index contributed by atoms with van der Waals surface area (Å²) < 4.78 is 13.4. The van der Waals surface area contributed by atoms with Gasteiger partial charge in [0.1, 0.15) is 23.1 Å². The van der Waals surface area contributed by atoms with Gasteiger partial charge in [0.05, 0.1) is 35.9 Å². The lowest BCUT2D eigenvalue weighted by Gasteiger charge is -2.20. The van der Waals surface area contributed by atoms with Crippen LogP contribution in [-0.2, 0) is 24.2 Å². The molecule has 0 radical (unpaired) electrons. The van der Waals surface area contributed by atoms with Crippen LogP contribution in [0.25, 0.3) is 11.3 Å². The van der Waals surface area contributed by atoms with Crippen molar-refractivity contribution >= 4 is 35.1 Å². The number of carboxylic acid groups (broad SMARTS) is 1. The first-order valence-electron chi connectivity index (χ1n) is 15.3. The van der Waals surface area contributed by atoms with Gasteiger partial charge in [0.15, 0.2) is 0 Å². The molecule has 1 heterocycles. The number of imidazole rings is 1. The molecule has 8 nitrogen and oxygen atoms in total. The molecule has 1 aromatic heterocycles. The number of ether oxygens (including phenoxy) is 2. The second-order valence-corrected chi connectivity index (χ2v) is 11.9. The summed E-state index contributed by atoms with van der Waals surface area (Å²) >= 11 is 12.8. The van der Waals surface area contributed by atoms with E-state index in [0.29, 0.717) is 39.4 Å². The topological polar surface area (TPSA) is 103 Å². The Labute approximate surface area is 283 Å². The predicted octanol–water partition coefficient (Wildman–Crippen LogP) is 8.80. The van der Waals surface area contributed by atoms with Gasteiger partial charge in [0.25, 0.3) is 0 Å². The number of benzene rings is 4. The van der Waals surface area contributed by atoms with E-state index in [1.165, 1.54) is 12.1 Å². The zero-order valence-electron chi connectivity index (χ0n) is 26.1. The summed E-state index contributed by atoms with van der Waals surface area (Å²) in [5, 5.41) is 13.4. The molecule has 0 aliphatic heterocycles. The summed E-state index contributed by atoms with van der Waals surface area (Å²) in [6, 6.07) is 26.1. The number of methoxy groups -OCH3 is 1. The smallest absolute Gasteiger partial charge is 0.335 e. The molecule has 1 amide bonds. The van der Waals surface area contributed by atoms with Gasteiger partial charge in [-0.25, -0.2) is 9.78 Å². The molecule has 2 N–H and O–H groups in total. The van der Waals surface area contributed by atoms with E-state index in [1.807, 2.05) is 60.8 Å². The summed E-state index contributed by atoms with van der Waals surface area (Å²) in [6.45, 7) is 2.85. The summed E-state index contributed by atoms with van der Waals surface area (Å²) in [7, 11) is 1.60. The number of carbonyl (C=O) groups excluding carboxylic acids is 1. The fourth-order valence-corrected chi connectivity index (χ4v) is 5.70. The van der Waals surface area contributed by atoms with Crippen molar-refractivity contribution in [3.8, 4) is 28.5 Å². The minimum atomic E-state index is -0.996. The lowest BCUT2D eigenvalue weighted by molar-refractivity contribution is -0.121. The minimum Gasteiger partial charge on any atom is -0.497 e. The van der Waals surface area contributed by atoms with Crippen molar-refractivity contribution in [2.24, 2.45) is 0 Å². The van der Waals surface area contributed by atoms with Crippen molar-refractivity contribution in [2.75, 3.05) is 7.11 Å². The van der Waals surface area contributed by atoms with Crippen LogP contribution in [-0.4, -0.2) is 33.6 Å². The normalized spacial score (nSPS) is 11.6. The Bertz CT molecular complexity index is 1840. The van der Waals surface area contributed by atoms with Crippen LogP contribution in [0.4, 0.5) is 0 Å². The molecule has 4 aromatic carbocycles. The van der Waals surface area contributed by atoms with Crippen molar-refractivity contribution in [3.63, 3.8) is 0 Å². The number of carboxylic acids is 1. The van der Waals surface area contributed by atoms with E-state index in [2.05, 4.69) is 16.8 Å². The average Bonchev–Trinajstić information content (AvgIpc) is 3.48. The number of hydrogen-bond donors (Lipinski definition) is 2. The highest BCUT2D eigenvalue weighted by Crippen LogP contribution is 2.32. The number of hydrogen-bond acceptors (Lipinski definition) is 5. The van der Waals surface area contributed by atoms with Crippen molar-refractivity contribution in [1.82, 2.24) is 14.9 Å². The van der Waals surface area contributed by atoms with Crippen molar-refractivity contribution in [1.29, 1.82) is 0 Å². The quantitative estimate of drug-likeness (QED) is 0.122. The number of carbonyl (C=O) groups is 2.